The summed E-state index contributed by atoms with van der Waals surface area (Å²) in [5.41, 5.74) is 1.68. The summed E-state index contributed by atoms with van der Waals surface area (Å²) in [4.78, 5) is 12.4. The molecule has 1 amide bonds. The molecule has 0 unspecified atom stereocenters. The first kappa shape index (κ1) is 19.1. The normalized spacial score (nSPS) is 14.0. The predicted molar refractivity (Wildman–Crippen MR) is 105 cm³/mol. The lowest BCUT2D eigenvalue weighted by Gasteiger charge is -2.16. The molecule has 0 radical (unpaired) electrons. The van der Waals surface area contributed by atoms with Crippen LogP contribution in [0.15, 0.2) is 42.5 Å². The van der Waals surface area contributed by atoms with Gasteiger partial charge < -0.3 is 19.5 Å². The molecule has 5 nitrogen and oxygen atoms in total. The zero-order valence-corrected chi connectivity index (χ0v) is 16.0. The van der Waals surface area contributed by atoms with Crippen molar-refractivity contribution in [2.75, 3.05) is 20.3 Å². The van der Waals surface area contributed by atoms with Gasteiger partial charge in [0.2, 0.25) is 0 Å². The van der Waals surface area contributed by atoms with Crippen LogP contribution in [0.4, 0.5) is 0 Å². The number of rotatable bonds is 8. The number of methoxy groups -OCH3 is 1. The molecule has 0 heterocycles. The summed E-state index contributed by atoms with van der Waals surface area (Å²) in [5.74, 6) is 1.93. The highest BCUT2D eigenvalue weighted by molar-refractivity contribution is 5.94. The molecule has 3 rings (SSSR count). The second-order valence-electron chi connectivity index (χ2n) is 6.81. The SMILES string of the molecule is COc1cc(C(=O)NCCOc2cccc(C)c2)ccc1OC1CCCC1. The van der Waals surface area contributed by atoms with E-state index in [1.165, 1.54) is 12.8 Å². The molecule has 144 valence electrons. The molecule has 0 aliphatic heterocycles. The molecule has 1 aliphatic carbocycles. The van der Waals surface area contributed by atoms with E-state index in [2.05, 4.69) is 5.32 Å². The maximum atomic E-state index is 12.4. The van der Waals surface area contributed by atoms with Gasteiger partial charge in [-0.25, -0.2) is 0 Å². The molecular weight excluding hydrogens is 342 g/mol. The molecule has 2 aromatic rings. The Bertz CT molecular complexity index is 769. The average Bonchev–Trinajstić information content (AvgIpc) is 3.18. The van der Waals surface area contributed by atoms with E-state index in [-0.39, 0.29) is 12.0 Å². The minimum Gasteiger partial charge on any atom is -0.493 e. The smallest absolute Gasteiger partial charge is 0.251 e. The first-order chi connectivity index (χ1) is 13.2. The van der Waals surface area contributed by atoms with E-state index in [0.717, 1.165) is 24.2 Å². The monoisotopic (exact) mass is 369 g/mol. The molecule has 1 saturated carbocycles. The Morgan fingerprint density at radius 3 is 2.67 bits per heavy atom. The Balaban J connectivity index is 1.51. The minimum atomic E-state index is -0.159. The third-order valence-corrected chi connectivity index (χ3v) is 4.67. The van der Waals surface area contributed by atoms with Crippen LogP contribution in [0.5, 0.6) is 17.2 Å². The van der Waals surface area contributed by atoms with E-state index in [9.17, 15) is 4.79 Å². The molecule has 0 bridgehead atoms. The third kappa shape index (κ3) is 5.39. The summed E-state index contributed by atoms with van der Waals surface area (Å²) in [5, 5.41) is 2.87. The van der Waals surface area contributed by atoms with Crippen LogP contribution in [0.2, 0.25) is 0 Å². The molecular formula is C22H27NO4. The van der Waals surface area contributed by atoms with Gasteiger partial charge in [0.15, 0.2) is 11.5 Å². The number of amides is 1. The van der Waals surface area contributed by atoms with Gasteiger partial charge in [-0.3, -0.25) is 4.79 Å². The quantitative estimate of drug-likeness (QED) is 0.711. The number of carbonyl (C=O) groups excluding carboxylic acids is 1. The number of nitrogens with one attached hydrogen (secondary N) is 1. The standard InChI is InChI=1S/C22H27NO4/c1-16-6-5-9-19(14-16)26-13-12-23-22(24)17-10-11-20(21(15-17)25-2)27-18-7-3-4-8-18/h5-6,9-11,14-15,18H,3-4,7-8,12-13H2,1-2H3,(H,23,24). The van der Waals surface area contributed by atoms with Gasteiger partial charge in [-0.1, -0.05) is 12.1 Å². The van der Waals surface area contributed by atoms with Crippen LogP contribution in [0.25, 0.3) is 0 Å². The lowest BCUT2D eigenvalue weighted by molar-refractivity contribution is 0.0946. The highest BCUT2D eigenvalue weighted by Gasteiger charge is 2.19. The van der Waals surface area contributed by atoms with Crippen molar-refractivity contribution in [1.82, 2.24) is 5.32 Å². The Labute approximate surface area is 160 Å². The van der Waals surface area contributed by atoms with E-state index < -0.39 is 0 Å². The second kappa shape index (κ2) is 9.31. The molecule has 0 spiro atoms. The average molecular weight is 369 g/mol. The molecule has 5 heteroatoms. The minimum absolute atomic E-state index is 0.159. The van der Waals surface area contributed by atoms with E-state index in [1.807, 2.05) is 37.3 Å². The van der Waals surface area contributed by atoms with E-state index in [0.29, 0.717) is 30.2 Å². The maximum absolute atomic E-state index is 12.4. The largest absolute Gasteiger partial charge is 0.493 e. The lowest BCUT2D eigenvalue weighted by Crippen LogP contribution is -2.28. The molecule has 0 aromatic heterocycles. The van der Waals surface area contributed by atoms with Gasteiger partial charge in [-0.2, -0.15) is 0 Å². The van der Waals surface area contributed by atoms with Crippen molar-refractivity contribution in [2.45, 2.75) is 38.7 Å². The zero-order chi connectivity index (χ0) is 19.1. The fourth-order valence-corrected chi connectivity index (χ4v) is 3.23. The maximum Gasteiger partial charge on any atom is 0.251 e. The summed E-state index contributed by atoms with van der Waals surface area (Å²) >= 11 is 0. The number of aryl methyl sites for hydroxylation is 1. The highest BCUT2D eigenvalue weighted by atomic mass is 16.5. The van der Waals surface area contributed by atoms with Gasteiger partial charge in [0.25, 0.3) is 5.91 Å². The van der Waals surface area contributed by atoms with Crippen molar-refractivity contribution in [3.63, 3.8) is 0 Å². The Hall–Kier alpha value is -2.69. The molecule has 0 atom stereocenters. The Morgan fingerprint density at radius 2 is 1.93 bits per heavy atom. The van der Waals surface area contributed by atoms with Gasteiger partial charge in [-0.15, -0.1) is 0 Å². The Kier molecular flexibility index (Phi) is 6.58. The summed E-state index contributed by atoms with van der Waals surface area (Å²) in [6, 6.07) is 13.1. The lowest BCUT2D eigenvalue weighted by atomic mass is 10.2. The molecule has 27 heavy (non-hydrogen) atoms. The highest BCUT2D eigenvalue weighted by Crippen LogP contribution is 2.32. The predicted octanol–water partition coefficient (Wildman–Crippen LogP) is 4.13. The van der Waals surface area contributed by atoms with Crippen molar-refractivity contribution >= 4 is 5.91 Å². The van der Waals surface area contributed by atoms with Gasteiger partial charge in [0.05, 0.1) is 19.8 Å². The Morgan fingerprint density at radius 1 is 1.11 bits per heavy atom. The van der Waals surface area contributed by atoms with E-state index in [4.69, 9.17) is 14.2 Å². The van der Waals surface area contributed by atoms with Gasteiger partial charge in [0, 0.05) is 5.56 Å². The molecule has 1 N–H and O–H groups in total. The number of hydrogen-bond donors (Lipinski definition) is 1. The summed E-state index contributed by atoms with van der Waals surface area (Å²) in [7, 11) is 1.59. The van der Waals surface area contributed by atoms with Gasteiger partial charge in [0.1, 0.15) is 12.4 Å². The summed E-state index contributed by atoms with van der Waals surface area (Å²) < 4.78 is 17.1. The summed E-state index contributed by atoms with van der Waals surface area (Å²) in [6.45, 7) is 2.85. The van der Waals surface area contributed by atoms with Crippen LogP contribution in [0.1, 0.15) is 41.6 Å². The van der Waals surface area contributed by atoms with Crippen molar-refractivity contribution in [3.05, 3.63) is 53.6 Å². The number of carbonyl (C=O) groups is 1. The van der Waals surface area contributed by atoms with Crippen molar-refractivity contribution in [3.8, 4) is 17.2 Å². The van der Waals surface area contributed by atoms with Gasteiger partial charge in [-0.05, 0) is 68.5 Å². The van der Waals surface area contributed by atoms with Crippen LogP contribution >= 0.6 is 0 Å². The topological polar surface area (TPSA) is 56.8 Å². The second-order valence-corrected chi connectivity index (χ2v) is 6.81. The first-order valence-electron chi connectivity index (χ1n) is 9.48. The number of ether oxygens (including phenoxy) is 3. The van der Waals surface area contributed by atoms with E-state index in [1.54, 1.807) is 19.2 Å². The van der Waals surface area contributed by atoms with Gasteiger partial charge >= 0.3 is 0 Å². The fourth-order valence-electron chi connectivity index (χ4n) is 3.23. The number of hydrogen-bond acceptors (Lipinski definition) is 4. The first-order valence-corrected chi connectivity index (χ1v) is 9.48. The van der Waals surface area contributed by atoms with Crippen LogP contribution in [0.3, 0.4) is 0 Å². The van der Waals surface area contributed by atoms with Crippen LogP contribution in [-0.4, -0.2) is 32.3 Å². The van der Waals surface area contributed by atoms with E-state index >= 15 is 0 Å². The summed E-state index contributed by atoms with van der Waals surface area (Å²) in [6.07, 6.45) is 4.81. The van der Waals surface area contributed by atoms with Crippen LogP contribution in [-0.2, 0) is 0 Å². The molecule has 1 fully saturated rings. The molecule has 2 aromatic carbocycles. The van der Waals surface area contributed by atoms with Crippen molar-refractivity contribution in [2.24, 2.45) is 0 Å². The zero-order valence-electron chi connectivity index (χ0n) is 16.0. The fraction of sp³-hybridized carbons (Fsp3) is 0.409. The molecule has 1 aliphatic rings. The van der Waals surface area contributed by atoms with Crippen LogP contribution in [0, 0.1) is 6.92 Å². The van der Waals surface area contributed by atoms with Crippen LogP contribution < -0.4 is 19.5 Å². The van der Waals surface area contributed by atoms with Crippen molar-refractivity contribution < 1.29 is 19.0 Å². The third-order valence-electron chi connectivity index (χ3n) is 4.67. The molecule has 0 saturated heterocycles. The number of benzene rings is 2. The van der Waals surface area contributed by atoms with Crippen molar-refractivity contribution in [1.29, 1.82) is 0 Å².